The number of esters is 1. The van der Waals surface area contributed by atoms with Crippen LogP contribution in [0.3, 0.4) is 0 Å². The van der Waals surface area contributed by atoms with E-state index in [1.54, 1.807) is 0 Å². The highest BCUT2D eigenvalue weighted by molar-refractivity contribution is 5.74. The molecule has 136 valence electrons. The van der Waals surface area contributed by atoms with Crippen LogP contribution >= 0.6 is 0 Å². The molecule has 0 spiro atoms. The summed E-state index contributed by atoms with van der Waals surface area (Å²) in [6, 6.07) is 0. The smallest absolute Gasteiger partial charge is 0.309 e. The first-order chi connectivity index (χ1) is 11.9. The van der Waals surface area contributed by atoms with Crippen molar-refractivity contribution in [2.75, 3.05) is 0 Å². The van der Waals surface area contributed by atoms with Gasteiger partial charge in [0.25, 0.3) is 0 Å². The van der Waals surface area contributed by atoms with Crippen LogP contribution in [-0.4, -0.2) is 11.6 Å². The summed E-state index contributed by atoms with van der Waals surface area (Å²) in [7, 11) is 0. The predicted octanol–water partition coefficient (Wildman–Crippen LogP) is 4.69. The predicted molar refractivity (Wildman–Crippen MR) is 96.0 cm³/mol. The summed E-state index contributed by atoms with van der Waals surface area (Å²) in [5.74, 6) is 4.46. The second-order valence-electron chi connectivity index (χ2n) is 10.3. The average Bonchev–Trinajstić information content (AvgIpc) is 3.33. The molecule has 10 unspecified atom stereocenters. The zero-order valence-electron chi connectivity index (χ0n) is 15.7. The van der Waals surface area contributed by atoms with Gasteiger partial charge in [-0.15, -0.1) is 0 Å². The third kappa shape index (κ3) is 2.18. The Balaban J connectivity index is 1.34. The van der Waals surface area contributed by atoms with E-state index in [0.29, 0.717) is 35.5 Å². The molecule has 0 aromatic rings. The first-order valence-corrected chi connectivity index (χ1v) is 10.6. The van der Waals surface area contributed by atoms with Gasteiger partial charge in [-0.3, -0.25) is 4.79 Å². The van der Waals surface area contributed by atoms with Gasteiger partial charge in [-0.1, -0.05) is 13.8 Å². The Morgan fingerprint density at radius 2 is 1.80 bits per heavy atom. The molecule has 0 aliphatic heterocycles. The zero-order chi connectivity index (χ0) is 17.5. The van der Waals surface area contributed by atoms with Crippen molar-refractivity contribution in [3.05, 3.63) is 13.8 Å². The standard InChI is InChI=1S/C23H32O2/c1-12(2)23(11-15-5-6-17(23)8-15)25-22(24)19-10-16-9-18(19)21-14(4)7-13(3)20(16)21/h3-4,12-21H,5-11H2,1-2H3. The van der Waals surface area contributed by atoms with Crippen molar-refractivity contribution in [3.63, 3.8) is 0 Å². The van der Waals surface area contributed by atoms with Gasteiger partial charge in [0, 0.05) is 0 Å². The van der Waals surface area contributed by atoms with Crippen LogP contribution in [-0.2, 0) is 9.53 Å². The molecule has 5 rings (SSSR count). The number of fused-ring (bicyclic) bond motifs is 7. The molecule has 25 heavy (non-hydrogen) atoms. The van der Waals surface area contributed by atoms with Gasteiger partial charge in [-0.05, 0) is 112 Å². The molecule has 2 nitrogen and oxygen atoms in total. The lowest BCUT2D eigenvalue weighted by Crippen LogP contribution is -2.47. The molecule has 0 amide bonds. The fraction of sp³-hybridized carbons (Fsp3) is 0.870. The fourth-order valence-corrected chi connectivity index (χ4v) is 8.12. The van der Waals surface area contributed by atoms with Gasteiger partial charge in [0.2, 0.25) is 0 Å². The molecular weight excluding hydrogens is 308 g/mol. The van der Waals surface area contributed by atoms with Crippen molar-refractivity contribution in [2.45, 2.75) is 64.4 Å². The number of carbonyl (C=O) groups excluding carboxylic acids is 1. The highest BCUT2D eigenvalue weighted by atomic mass is 16.6. The van der Waals surface area contributed by atoms with Crippen molar-refractivity contribution in [3.8, 4) is 0 Å². The van der Waals surface area contributed by atoms with E-state index >= 15 is 0 Å². The Hall–Kier alpha value is -0.530. The minimum absolute atomic E-state index is 0.0809. The van der Waals surface area contributed by atoms with E-state index in [0.717, 1.165) is 31.6 Å². The van der Waals surface area contributed by atoms with Crippen LogP contribution in [0.2, 0.25) is 0 Å². The summed E-state index contributed by atoms with van der Waals surface area (Å²) >= 11 is 0. The first kappa shape index (κ1) is 16.6. The highest BCUT2D eigenvalue weighted by Gasteiger charge is 2.62. The maximum atomic E-state index is 13.3. The molecule has 10 atom stereocenters. The van der Waals surface area contributed by atoms with E-state index in [-0.39, 0.29) is 29.3 Å². The van der Waals surface area contributed by atoms with Gasteiger partial charge in [-0.25, -0.2) is 0 Å². The van der Waals surface area contributed by atoms with Crippen molar-refractivity contribution < 1.29 is 9.53 Å². The first-order valence-electron chi connectivity index (χ1n) is 10.6. The van der Waals surface area contributed by atoms with Gasteiger partial charge >= 0.3 is 5.97 Å². The zero-order valence-corrected chi connectivity index (χ0v) is 15.7. The molecule has 0 aromatic heterocycles. The van der Waals surface area contributed by atoms with E-state index in [4.69, 9.17) is 18.6 Å². The summed E-state index contributed by atoms with van der Waals surface area (Å²) in [6.45, 7) is 17.3. The Morgan fingerprint density at radius 1 is 1.04 bits per heavy atom. The molecule has 4 bridgehead atoms. The normalized spacial score (nSPS) is 56.0. The molecule has 0 saturated heterocycles. The fourth-order valence-electron chi connectivity index (χ4n) is 8.12. The minimum Gasteiger partial charge on any atom is -0.458 e. The van der Waals surface area contributed by atoms with E-state index < -0.39 is 0 Å². The van der Waals surface area contributed by atoms with Crippen LogP contribution in [0.5, 0.6) is 0 Å². The molecule has 0 N–H and O–H groups in total. The van der Waals surface area contributed by atoms with Crippen LogP contribution < -0.4 is 0 Å². The molecule has 2 heteroatoms. The summed E-state index contributed by atoms with van der Waals surface area (Å²) in [4.78, 5) is 13.3. The van der Waals surface area contributed by atoms with Gasteiger partial charge in [0.05, 0.1) is 5.92 Å². The number of rotatable bonds is 3. The van der Waals surface area contributed by atoms with E-state index in [1.165, 1.54) is 19.3 Å². The van der Waals surface area contributed by atoms with Crippen molar-refractivity contribution >= 4 is 5.97 Å². The molecule has 5 aliphatic carbocycles. The molecule has 0 aromatic carbocycles. The summed E-state index contributed by atoms with van der Waals surface area (Å²) < 4.78 is 6.43. The lowest BCUT2D eigenvalue weighted by Gasteiger charge is -2.42. The van der Waals surface area contributed by atoms with Gasteiger partial charge in [0.15, 0.2) is 0 Å². The summed E-state index contributed by atoms with van der Waals surface area (Å²) in [5, 5.41) is 0. The van der Waals surface area contributed by atoms with E-state index in [2.05, 4.69) is 13.8 Å². The third-order valence-electron chi connectivity index (χ3n) is 9.08. The van der Waals surface area contributed by atoms with Crippen LogP contribution in [0.15, 0.2) is 0 Å². The monoisotopic (exact) mass is 340 g/mol. The second-order valence-corrected chi connectivity index (χ2v) is 10.3. The Kier molecular flexibility index (Phi) is 3.65. The highest BCUT2D eigenvalue weighted by Crippen LogP contribution is 2.65. The van der Waals surface area contributed by atoms with Crippen LogP contribution in [0.25, 0.3) is 0 Å². The summed E-state index contributed by atoms with van der Waals surface area (Å²) in [5.41, 5.74) is -0.185. The number of carbonyl (C=O) groups is 1. The number of hydrogen-bond acceptors (Lipinski definition) is 2. The molecular formula is C23H32O2. The van der Waals surface area contributed by atoms with Crippen LogP contribution in [0, 0.1) is 73.0 Å². The Labute approximate surface area is 153 Å². The van der Waals surface area contributed by atoms with Gasteiger partial charge in [-0.2, -0.15) is 0 Å². The lowest BCUT2D eigenvalue weighted by atomic mass is 9.71. The molecule has 0 heterocycles. The van der Waals surface area contributed by atoms with Crippen molar-refractivity contribution in [2.24, 2.45) is 59.2 Å². The SMILES string of the molecule is [CH]C1CC([CH])C2C3CC(CC3C(=O)OC3(C(C)C)CC4CCC3C4)C12. The molecule has 5 aliphatic rings. The maximum Gasteiger partial charge on any atom is 0.309 e. The van der Waals surface area contributed by atoms with Gasteiger partial charge in [0.1, 0.15) is 5.60 Å². The quantitative estimate of drug-likeness (QED) is 0.697. The van der Waals surface area contributed by atoms with Crippen molar-refractivity contribution in [1.82, 2.24) is 0 Å². The average molecular weight is 341 g/mol. The Morgan fingerprint density at radius 3 is 2.44 bits per heavy atom. The summed E-state index contributed by atoms with van der Waals surface area (Å²) in [6.07, 6.45) is 8.03. The van der Waals surface area contributed by atoms with Gasteiger partial charge < -0.3 is 4.74 Å². The number of ether oxygens (including phenoxy) is 1. The lowest BCUT2D eigenvalue weighted by molar-refractivity contribution is -0.181. The molecule has 4 radical (unpaired) electrons. The minimum atomic E-state index is -0.185. The van der Waals surface area contributed by atoms with Crippen molar-refractivity contribution in [1.29, 1.82) is 0 Å². The number of hydrogen-bond donors (Lipinski definition) is 0. The van der Waals surface area contributed by atoms with E-state index in [9.17, 15) is 4.79 Å². The third-order valence-corrected chi connectivity index (χ3v) is 9.08. The van der Waals surface area contributed by atoms with Crippen LogP contribution in [0.4, 0.5) is 0 Å². The molecule has 5 fully saturated rings. The molecule has 5 saturated carbocycles. The Bertz CT molecular complexity index is 568. The largest absolute Gasteiger partial charge is 0.458 e. The maximum absolute atomic E-state index is 13.3. The second kappa shape index (κ2) is 5.49. The topological polar surface area (TPSA) is 26.3 Å². The van der Waals surface area contributed by atoms with Crippen LogP contribution in [0.1, 0.15) is 58.8 Å². The van der Waals surface area contributed by atoms with E-state index in [1.807, 2.05) is 0 Å².